The van der Waals surface area contributed by atoms with Gasteiger partial charge in [-0.05, 0) is 32.0 Å². The maximum Gasteiger partial charge on any atom is 0.241 e. The molecule has 0 saturated carbocycles. The summed E-state index contributed by atoms with van der Waals surface area (Å²) < 4.78 is 21.6. The van der Waals surface area contributed by atoms with Gasteiger partial charge in [0.2, 0.25) is 11.7 Å². The van der Waals surface area contributed by atoms with Gasteiger partial charge in [0, 0.05) is 18.2 Å². The molecule has 0 N–H and O–H groups in total. The van der Waals surface area contributed by atoms with Gasteiger partial charge < -0.3 is 18.7 Å². The molecule has 1 fully saturated rings. The van der Waals surface area contributed by atoms with Crippen molar-refractivity contribution in [1.82, 2.24) is 15.0 Å². The number of aromatic nitrogens is 2. The second-order valence-electron chi connectivity index (χ2n) is 6.00. The number of rotatable bonds is 5. The number of nitrogens with zero attached hydrogens (tertiary/aromatic N) is 3. The summed E-state index contributed by atoms with van der Waals surface area (Å²) in [7, 11) is 3.21. The Morgan fingerprint density at radius 1 is 1.21 bits per heavy atom. The van der Waals surface area contributed by atoms with Crippen LogP contribution < -0.4 is 9.47 Å². The fourth-order valence-electron chi connectivity index (χ4n) is 2.78. The molecular formula is C17H23N3O4. The van der Waals surface area contributed by atoms with Crippen LogP contribution in [0.1, 0.15) is 19.7 Å². The molecule has 0 aliphatic carbocycles. The fourth-order valence-corrected chi connectivity index (χ4v) is 2.78. The zero-order chi connectivity index (χ0) is 17.1. The van der Waals surface area contributed by atoms with Crippen LogP contribution in [0.3, 0.4) is 0 Å². The Balaban J connectivity index is 1.75. The van der Waals surface area contributed by atoms with Crippen molar-refractivity contribution in [2.75, 3.05) is 27.4 Å². The van der Waals surface area contributed by atoms with Crippen molar-refractivity contribution in [2.45, 2.75) is 32.5 Å². The highest BCUT2D eigenvalue weighted by molar-refractivity contribution is 5.60. The van der Waals surface area contributed by atoms with E-state index in [2.05, 4.69) is 28.9 Å². The lowest BCUT2D eigenvalue weighted by molar-refractivity contribution is -0.0555. The number of hydrogen-bond donors (Lipinski definition) is 0. The van der Waals surface area contributed by atoms with E-state index in [1.807, 2.05) is 18.2 Å². The topological polar surface area (TPSA) is 69.9 Å². The minimum absolute atomic E-state index is 0.217. The SMILES string of the molecule is COc1ccc(-c2noc(CN3C[C@@H](C)OC[C@H]3C)n2)cc1OC. The molecule has 0 amide bonds. The molecular weight excluding hydrogens is 310 g/mol. The van der Waals surface area contributed by atoms with Crippen LogP contribution in [-0.4, -0.2) is 54.6 Å². The minimum atomic E-state index is 0.217. The molecule has 3 rings (SSSR count). The maximum absolute atomic E-state index is 5.65. The zero-order valence-electron chi connectivity index (χ0n) is 14.5. The molecule has 2 atom stereocenters. The molecule has 7 heteroatoms. The zero-order valence-corrected chi connectivity index (χ0v) is 14.5. The summed E-state index contributed by atoms with van der Waals surface area (Å²) in [5, 5.41) is 4.09. The number of benzene rings is 1. The maximum atomic E-state index is 5.65. The Labute approximate surface area is 141 Å². The van der Waals surface area contributed by atoms with Crippen molar-refractivity contribution in [3.63, 3.8) is 0 Å². The van der Waals surface area contributed by atoms with E-state index >= 15 is 0 Å². The average molecular weight is 333 g/mol. The van der Waals surface area contributed by atoms with E-state index in [0.717, 1.165) is 18.7 Å². The average Bonchev–Trinajstić information content (AvgIpc) is 3.06. The van der Waals surface area contributed by atoms with Gasteiger partial charge in [-0.1, -0.05) is 5.16 Å². The van der Waals surface area contributed by atoms with E-state index in [1.54, 1.807) is 14.2 Å². The predicted octanol–water partition coefficient (Wildman–Crippen LogP) is 2.36. The van der Waals surface area contributed by atoms with Crippen molar-refractivity contribution in [3.8, 4) is 22.9 Å². The van der Waals surface area contributed by atoms with Crippen molar-refractivity contribution in [3.05, 3.63) is 24.1 Å². The van der Waals surface area contributed by atoms with Crippen LogP contribution in [0.5, 0.6) is 11.5 Å². The lowest BCUT2D eigenvalue weighted by Gasteiger charge is -2.35. The standard InChI is InChI=1S/C17H23N3O4/c1-11-10-23-12(2)8-20(11)9-16-18-17(19-24-16)13-5-6-14(21-3)15(7-13)22-4/h5-7,11-12H,8-10H2,1-4H3/t11-,12-/m1/s1. The lowest BCUT2D eigenvalue weighted by Crippen LogP contribution is -2.46. The van der Waals surface area contributed by atoms with E-state index in [9.17, 15) is 0 Å². The summed E-state index contributed by atoms with van der Waals surface area (Å²) in [5.41, 5.74) is 0.825. The van der Waals surface area contributed by atoms with E-state index in [-0.39, 0.29) is 6.10 Å². The van der Waals surface area contributed by atoms with Gasteiger partial charge >= 0.3 is 0 Å². The van der Waals surface area contributed by atoms with Crippen molar-refractivity contribution < 1.29 is 18.7 Å². The smallest absolute Gasteiger partial charge is 0.241 e. The molecule has 0 unspecified atom stereocenters. The third-order valence-corrected chi connectivity index (χ3v) is 4.19. The summed E-state index contributed by atoms with van der Waals surface area (Å²) in [4.78, 5) is 6.80. The Kier molecular flexibility index (Phi) is 5.01. The first-order valence-corrected chi connectivity index (χ1v) is 8.01. The number of hydrogen-bond acceptors (Lipinski definition) is 7. The van der Waals surface area contributed by atoms with Gasteiger partial charge in [0.05, 0.1) is 33.5 Å². The quantitative estimate of drug-likeness (QED) is 0.832. The number of methoxy groups -OCH3 is 2. The van der Waals surface area contributed by atoms with Crippen molar-refractivity contribution in [2.24, 2.45) is 0 Å². The van der Waals surface area contributed by atoms with Gasteiger partial charge in [0.1, 0.15) is 0 Å². The normalized spacial score (nSPS) is 21.7. The number of morpholine rings is 1. The van der Waals surface area contributed by atoms with Gasteiger partial charge in [-0.3, -0.25) is 4.90 Å². The highest BCUT2D eigenvalue weighted by Crippen LogP contribution is 2.31. The first kappa shape index (κ1) is 16.7. The van der Waals surface area contributed by atoms with Crippen LogP contribution in [0.25, 0.3) is 11.4 Å². The van der Waals surface area contributed by atoms with Crippen LogP contribution in [0.15, 0.2) is 22.7 Å². The second kappa shape index (κ2) is 7.19. The van der Waals surface area contributed by atoms with Crippen LogP contribution in [0.4, 0.5) is 0 Å². The third kappa shape index (κ3) is 3.52. The van der Waals surface area contributed by atoms with Crippen LogP contribution in [0.2, 0.25) is 0 Å². The molecule has 0 radical (unpaired) electrons. The van der Waals surface area contributed by atoms with Crippen LogP contribution in [0, 0.1) is 0 Å². The van der Waals surface area contributed by atoms with Gasteiger partial charge in [0.25, 0.3) is 0 Å². The van der Waals surface area contributed by atoms with E-state index < -0.39 is 0 Å². The molecule has 1 aromatic carbocycles. The number of ether oxygens (including phenoxy) is 3. The highest BCUT2D eigenvalue weighted by Gasteiger charge is 2.25. The second-order valence-corrected chi connectivity index (χ2v) is 6.00. The summed E-state index contributed by atoms with van der Waals surface area (Å²) in [6.45, 7) is 6.40. The third-order valence-electron chi connectivity index (χ3n) is 4.19. The molecule has 1 aromatic heterocycles. The molecule has 7 nitrogen and oxygen atoms in total. The Hall–Kier alpha value is -2.12. The summed E-state index contributed by atoms with van der Waals surface area (Å²) in [6, 6.07) is 5.88. The molecule has 0 bridgehead atoms. The molecule has 2 heterocycles. The molecule has 1 aliphatic heterocycles. The minimum Gasteiger partial charge on any atom is -0.493 e. The molecule has 1 saturated heterocycles. The van der Waals surface area contributed by atoms with E-state index in [0.29, 0.717) is 35.8 Å². The van der Waals surface area contributed by atoms with E-state index in [4.69, 9.17) is 18.7 Å². The lowest BCUT2D eigenvalue weighted by atomic mass is 10.2. The molecule has 2 aromatic rings. The Morgan fingerprint density at radius 2 is 2.00 bits per heavy atom. The molecule has 24 heavy (non-hydrogen) atoms. The molecule has 1 aliphatic rings. The van der Waals surface area contributed by atoms with Crippen LogP contribution in [-0.2, 0) is 11.3 Å². The van der Waals surface area contributed by atoms with Crippen molar-refractivity contribution in [1.29, 1.82) is 0 Å². The largest absolute Gasteiger partial charge is 0.493 e. The first-order valence-electron chi connectivity index (χ1n) is 8.01. The molecule has 130 valence electrons. The van der Waals surface area contributed by atoms with Gasteiger partial charge in [-0.25, -0.2) is 0 Å². The van der Waals surface area contributed by atoms with Gasteiger partial charge in [-0.2, -0.15) is 4.98 Å². The Bertz CT molecular complexity index is 688. The van der Waals surface area contributed by atoms with Gasteiger partial charge in [-0.15, -0.1) is 0 Å². The first-order chi connectivity index (χ1) is 11.6. The monoisotopic (exact) mass is 333 g/mol. The summed E-state index contributed by atoms with van der Waals surface area (Å²) in [5.74, 6) is 2.44. The predicted molar refractivity (Wildman–Crippen MR) is 88.1 cm³/mol. The van der Waals surface area contributed by atoms with Crippen molar-refractivity contribution >= 4 is 0 Å². The van der Waals surface area contributed by atoms with Crippen LogP contribution >= 0.6 is 0 Å². The summed E-state index contributed by atoms with van der Waals surface area (Å²) >= 11 is 0. The van der Waals surface area contributed by atoms with E-state index in [1.165, 1.54) is 0 Å². The Morgan fingerprint density at radius 3 is 2.75 bits per heavy atom. The summed E-state index contributed by atoms with van der Waals surface area (Å²) in [6.07, 6.45) is 0.217. The van der Waals surface area contributed by atoms with Gasteiger partial charge in [0.15, 0.2) is 11.5 Å². The highest BCUT2D eigenvalue weighted by atomic mass is 16.5. The molecule has 0 spiro atoms. The fraction of sp³-hybridized carbons (Fsp3) is 0.529.